The van der Waals surface area contributed by atoms with Gasteiger partial charge in [0.2, 0.25) is 0 Å². The Kier molecular flexibility index (Phi) is 9.78. The fourth-order valence-corrected chi connectivity index (χ4v) is 5.41. The highest BCUT2D eigenvalue weighted by atomic mass is 32.1. The maximum absolute atomic E-state index is 12.9. The summed E-state index contributed by atoms with van der Waals surface area (Å²) >= 11 is 1.63. The van der Waals surface area contributed by atoms with Gasteiger partial charge in [0.1, 0.15) is 11.6 Å². The normalized spacial score (nSPS) is 22.2. The molecule has 1 aliphatic heterocycles. The predicted molar refractivity (Wildman–Crippen MR) is 138 cm³/mol. The number of Topliss-reactive ketones (excluding diaryl/α,β-unsaturated/α-hetero) is 2. The minimum atomic E-state index is -2.98. The third-order valence-electron chi connectivity index (χ3n) is 7.14. The number of aromatic nitrogens is 1. The SMILES string of the molecule is CC(=Cc1csc(C)n1)CCC1OC1(C)CCC(=O)C(C)CC(C)C(=O)C(C)(C)CC(O)(O)C(=O)O. The molecule has 1 saturated heterocycles. The molecule has 1 aromatic rings. The maximum atomic E-state index is 12.9. The van der Waals surface area contributed by atoms with Crippen molar-refractivity contribution in [1.82, 2.24) is 4.98 Å². The van der Waals surface area contributed by atoms with E-state index in [1.165, 1.54) is 19.4 Å². The van der Waals surface area contributed by atoms with Gasteiger partial charge in [0, 0.05) is 35.5 Å². The van der Waals surface area contributed by atoms with Gasteiger partial charge in [0.15, 0.2) is 0 Å². The van der Waals surface area contributed by atoms with Crippen LogP contribution in [0.4, 0.5) is 0 Å². The minimum absolute atomic E-state index is 0.0575. The number of epoxide rings is 1. The topological polar surface area (TPSA) is 137 Å². The van der Waals surface area contributed by atoms with Gasteiger partial charge in [-0.15, -0.1) is 11.3 Å². The van der Waals surface area contributed by atoms with Crippen LogP contribution in [0.25, 0.3) is 6.08 Å². The largest absolute Gasteiger partial charge is 0.477 e. The average Bonchev–Trinajstić information content (AvgIpc) is 3.24. The van der Waals surface area contributed by atoms with Crippen molar-refractivity contribution in [3.63, 3.8) is 0 Å². The first-order valence-electron chi connectivity index (χ1n) is 12.5. The summed E-state index contributed by atoms with van der Waals surface area (Å²) in [4.78, 5) is 41.1. The summed E-state index contributed by atoms with van der Waals surface area (Å²) in [7, 11) is 0. The van der Waals surface area contributed by atoms with Crippen molar-refractivity contribution < 1.29 is 34.4 Å². The number of rotatable bonds is 15. The zero-order valence-electron chi connectivity index (χ0n) is 22.5. The number of nitrogens with zero attached hydrogens (tertiary/aromatic N) is 1. The number of aryl methyl sites for hydroxylation is 1. The van der Waals surface area contributed by atoms with Crippen molar-refractivity contribution in [2.75, 3.05) is 0 Å². The Morgan fingerprint density at radius 3 is 2.42 bits per heavy atom. The highest BCUT2D eigenvalue weighted by Gasteiger charge is 2.51. The van der Waals surface area contributed by atoms with E-state index < -0.39 is 29.5 Å². The second kappa shape index (κ2) is 11.6. The van der Waals surface area contributed by atoms with E-state index in [-0.39, 0.29) is 29.2 Å². The van der Waals surface area contributed by atoms with Gasteiger partial charge in [-0.05, 0) is 52.5 Å². The Balaban J connectivity index is 1.78. The van der Waals surface area contributed by atoms with Crippen LogP contribution in [-0.2, 0) is 19.1 Å². The second-order valence-corrected chi connectivity index (χ2v) is 12.4. The van der Waals surface area contributed by atoms with E-state index >= 15 is 0 Å². The molecule has 0 amide bonds. The lowest BCUT2D eigenvalue weighted by atomic mass is 9.74. The second-order valence-electron chi connectivity index (χ2n) is 11.3. The van der Waals surface area contributed by atoms with Crippen LogP contribution in [0.5, 0.6) is 0 Å². The summed E-state index contributed by atoms with van der Waals surface area (Å²) < 4.78 is 5.93. The Bertz CT molecular complexity index is 996. The first-order chi connectivity index (χ1) is 16.5. The van der Waals surface area contributed by atoms with Gasteiger partial charge in [-0.2, -0.15) is 0 Å². The van der Waals surface area contributed by atoms with E-state index in [0.717, 1.165) is 23.5 Å². The number of carboxylic acids is 1. The van der Waals surface area contributed by atoms with Gasteiger partial charge in [-0.1, -0.05) is 33.3 Å². The number of allylic oxidation sites excluding steroid dienone is 1. The number of thiazole rings is 1. The molecule has 1 aromatic heterocycles. The van der Waals surface area contributed by atoms with Gasteiger partial charge < -0.3 is 20.1 Å². The molecule has 0 radical (unpaired) electrons. The monoisotopic (exact) mass is 523 g/mol. The molecule has 0 bridgehead atoms. The van der Waals surface area contributed by atoms with Crippen LogP contribution in [-0.4, -0.2) is 55.3 Å². The molecule has 9 heteroatoms. The smallest absolute Gasteiger partial charge is 0.364 e. The van der Waals surface area contributed by atoms with E-state index in [2.05, 4.69) is 18.0 Å². The van der Waals surface area contributed by atoms with E-state index in [1.807, 2.05) is 19.2 Å². The lowest BCUT2D eigenvalue weighted by molar-refractivity contribution is -0.213. The predicted octanol–water partition coefficient (Wildman–Crippen LogP) is 4.56. The summed E-state index contributed by atoms with van der Waals surface area (Å²) in [5, 5.41) is 31.4. The van der Waals surface area contributed by atoms with Crippen LogP contribution >= 0.6 is 11.3 Å². The molecule has 4 unspecified atom stereocenters. The quantitative estimate of drug-likeness (QED) is 0.225. The molecule has 1 fully saturated rings. The summed E-state index contributed by atoms with van der Waals surface area (Å²) in [6, 6.07) is 0. The molecule has 36 heavy (non-hydrogen) atoms. The Morgan fingerprint density at radius 1 is 1.22 bits per heavy atom. The van der Waals surface area contributed by atoms with Gasteiger partial charge in [-0.25, -0.2) is 9.78 Å². The molecule has 3 N–H and O–H groups in total. The summed E-state index contributed by atoms with van der Waals surface area (Å²) in [6.07, 6.45) is 4.69. The highest BCUT2D eigenvalue weighted by Crippen LogP contribution is 2.44. The van der Waals surface area contributed by atoms with Crippen LogP contribution in [0.15, 0.2) is 11.0 Å². The number of carbonyl (C=O) groups is 3. The van der Waals surface area contributed by atoms with Crippen LogP contribution in [0.2, 0.25) is 0 Å². The number of aliphatic hydroxyl groups is 2. The molecule has 1 aliphatic rings. The van der Waals surface area contributed by atoms with Gasteiger partial charge in [-0.3, -0.25) is 9.59 Å². The van der Waals surface area contributed by atoms with E-state index in [9.17, 15) is 24.6 Å². The molecule has 0 aliphatic carbocycles. The number of hydrogen-bond acceptors (Lipinski definition) is 8. The highest BCUT2D eigenvalue weighted by molar-refractivity contribution is 7.09. The van der Waals surface area contributed by atoms with Gasteiger partial charge in [0.05, 0.1) is 22.4 Å². The van der Waals surface area contributed by atoms with Crippen LogP contribution < -0.4 is 0 Å². The fraction of sp³-hybridized carbons (Fsp3) is 0.704. The van der Waals surface area contributed by atoms with E-state index in [1.54, 1.807) is 25.2 Å². The first-order valence-corrected chi connectivity index (χ1v) is 13.4. The van der Waals surface area contributed by atoms with E-state index in [4.69, 9.17) is 9.84 Å². The van der Waals surface area contributed by atoms with Crippen LogP contribution in [0.1, 0.15) is 90.8 Å². The van der Waals surface area contributed by atoms with Crippen molar-refractivity contribution in [3.8, 4) is 0 Å². The molecular weight excluding hydrogens is 482 g/mol. The van der Waals surface area contributed by atoms with Crippen molar-refractivity contribution >= 4 is 34.9 Å². The summed E-state index contributed by atoms with van der Waals surface area (Å²) in [5.41, 5.74) is 0.655. The fourth-order valence-electron chi connectivity index (χ4n) is 4.84. The van der Waals surface area contributed by atoms with Gasteiger partial charge in [0.25, 0.3) is 5.79 Å². The molecule has 0 spiro atoms. The molecule has 8 nitrogen and oxygen atoms in total. The maximum Gasteiger partial charge on any atom is 0.364 e. The number of aliphatic carboxylic acids is 1. The molecule has 2 heterocycles. The van der Waals surface area contributed by atoms with Crippen LogP contribution in [0.3, 0.4) is 0 Å². The zero-order valence-corrected chi connectivity index (χ0v) is 23.3. The number of carbonyl (C=O) groups excluding carboxylic acids is 2. The third kappa shape index (κ3) is 8.30. The molecule has 4 atom stereocenters. The van der Waals surface area contributed by atoms with Crippen molar-refractivity contribution in [1.29, 1.82) is 0 Å². The molecule has 0 saturated carbocycles. The van der Waals surface area contributed by atoms with Crippen molar-refractivity contribution in [2.24, 2.45) is 17.3 Å². The number of carboxylic acid groups (broad SMARTS) is 1. The lowest BCUT2D eigenvalue weighted by Crippen LogP contribution is -2.45. The number of ether oxygens (including phenoxy) is 1. The van der Waals surface area contributed by atoms with Crippen LogP contribution in [0, 0.1) is 24.2 Å². The summed E-state index contributed by atoms with van der Waals surface area (Å²) in [6.45, 7) is 12.6. The number of hydrogen-bond donors (Lipinski definition) is 3. The molecule has 2 rings (SSSR count). The van der Waals surface area contributed by atoms with E-state index in [0.29, 0.717) is 19.3 Å². The first kappa shape index (κ1) is 30.3. The average molecular weight is 524 g/mol. The lowest BCUT2D eigenvalue weighted by Gasteiger charge is -2.31. The van der Waals surface area contributed by atoms with Gasteiger partial charge >= 0.3 is 5.97 Å². The number of ketones is 2. The van der Waals surface area contributed by atoms with Crippen molar-refractivity contribution in [3.05, 3.63) is 21.7 Å². The summed E-state index contributed by atoms with van der Waals surface area (Å²) in [5.74, 6) is -5.90. The Labute approximate surface area is 217 Å². The molecule has 202 valence electrons. The Morgan fingerprint density at radius 2 is 1.86 bits per heavy atom. The van der Waals surface area contributed by atoms with Crippen molar-refractivity contribution in [2.45, 2.75) is 104 Å². The zero-order chi connectivity index (χ0) is 27.5. The molecular formula is C27H41NO7S. The third-order valence-corrected chi connectivity index (χ3v) is 7.93. The Hall–Kier alpha value is -1.94. The minimum Gasteiger partial charge on any atom is -0.477 e. The molecule has 0 aromatic carbocycles. The standard InChI is InChI=1S/C27H41NO7S/c1-16(12-20-14-36-19(4)28-20)8-9-22-26(7,35-22)11-10-21(29)17(2)13-18(3)23(30)25(5,6)15-27(33,34)24(31)32/h12,14,17-18,22,33-34H,8-11,13,15H2,1-7H3,(H,31,32).